The summed E-state index contributed by atoms with van der Waals surface area (Å²) in [6.07, 6.45) is -3.75. The smallest absolute Gasteiger partial charge is 0.492 e. The molecule has 1 N–H and O–H groups in total. The zero-order valence-electron chi connectivity index (χ0n) is 24.2. The largest absolute Gasteiger partial charge is 0.496 e. The molecule has 42 heavy (non-hydrogen) atoms. The standard InChI is InChI=1S/C32H33BF3NO5/c1-30(2)31(3,4)42-33(41-30)21(16-20-14-15-28(39-5)27(17-20)32(34,35)36)18-37-29(38)40-19-26-24-12-8-6-10-22(24)23-11-7-9-13-25(23)26/h6-17,26H,18-19H2,1-5H3,(H,37,38). The third-order valence-corrected chi connectivity index (χ3v) is 8.22. The van der Waals surface area contributed by atoms with Crippen molar-refractivity contribution in [1.29, 1.82) is 0 Å². The van der Waals surface area contributed by atoms with Crippen LogP contribution in [-0.2, 0) is 20.2 Å². The molecule has 0 unspecified atom stereocenters. The number of alkyl halides is 3. The fourth-order valence-electron chi connectivity index (χ4n) is 5.27. The number of carbonyl (C=O) groups is 1. The minimum absolute atomic E-state index is 0.0686. The van der Waals surface area contributed by atoms with Crippen molar-refractivity contribution in [2.24, 2.45) is 0 Å². The van der Waals surface area contributed by atoms with Gasteiger partial charge < -0.3 is 24.1 Å². The molecule has 1 aliphatic carbocycles. The predicted molar refractivity (Wildman–Crippen MR) is 155 cm³/mol. The first-order chi connectivity index (χ1) is 19.8. The molecule has 1 fully saturated rings. The molecule has 0 radical (unpaired) electrons. The van der Waals surface area contributed by atoms with E-state index in [4.69, 9.17) is 18.8 Å². The highest BCUT2D eigenvalue weighted by molar-refractivity contribution is 6.56. The molecule has 0 atom stereocenters. The second-order valence-corrected chi connectivity index (χ2v) is 11.4. The lowest BCUT2D eigenvalue weighted by Crippen LogP contribution is -2.41. The van der Waals surface area contributed by atoms with Crippen LogP contribution in [0.5, 0.6) is 5.75 Å². The first-order valence-electron chi connectivity index (χ1n) is 13.7. The van der Waals surface area contributed by atoms with E-state index in [9.17, 15) is 18.0 Å². The van der Waals surface area contributed by atoms with Crippen LogP contribution >= 0.6 is 0 Å². The predicted octanol–water partition coefficient (Wildman–Crippen LogP) is 7.27. The summed E-state index contributed by atoms with van der Waals surface area (Å²) in [5, 5.41) is 2.74. The summed E-state index contributed by atoms with van der Waals surface area (Å²) >= 11 is 0. The molecule has 0 bridgehead atoms. The maximum absolute atomic E-state index is 13.7. The second-order valence-electron chi connectivity index (χ2n) is 11.4. The molecule has 1 saturated heterocycles. The molecule has 0 saturated carbocycles. The van der Waals surface area contributed by atoms with Crippen molar-refractivity contribution in [3.63, 3.8) is 0 Å². The van der Waals surface area contributed by atoms with Gasteiger partial charge in [0.15, 0.2) is 0 Å². The van der Waals surface area contributed by atoms with Crippen molar-refractivity contribution in [2.75, 3.05) is 20.3 Å². The lowest BCUT2D eigenvalue weighted by Gasteiger charge is -2.32. The van der Waals surface area contributed by atoms with Gasteiger partial charge in [0.25, 0.3) is 0 Å². The molecule has 2 aliphatic rings. The van der Waals surface area contributed by atoms with E-state index in [1.54, 1.807) is 0 Å². The molecule has 3 aromatic rings. The highest BCUT2D eigenvalue weighted by Gasteiger charge is 2.52. The Bertz CT molecular complexity index is 1460. The Labute approximate surface area is 244 Å². The molecule has 1 amide bonds. The number of carbonyl (C=O) groups excluding carboxylic acids is 1. The van der Waals surface area contributed by atoms with Crippen LogP contribution < -0.4 is 10.1 Å². The summed E-state index contributed by atoms with van der Waals surface area (Å²) in [6, 6.07) is 19.8. The number of rotatable bonds is 7. The number of methoxy groups -OCH3 is 1. The molecule has 10 heteroatoms. The van der Waals surface area contributed by atoms with Crippen LogP contribution in [0.1, 0.15) is 55.9 Å². The van der Waals surface area contributed by atoms with E-state index in [-0.39, 0.29) is 30.4 Å². The Kier molecular flexibility index (Phi) is 7.89. The fourth-order valence-corrected chi connectivity index (χ4v) is 5.27. The SMILES string of the molecule is COc1ccc(C=C(CNC(=O)OCC2c3ccccc3-c3ccccc32)B2OC(C)(C)C(C)(C)O2)cc1C(F)(F)F. The van der Waals surface area contributed by atoms with E-state index in [1.165, 1.54) is 25.3 Å². The van der Waals surface area contributed by atoms with Gasteiger partial charge in [0.2, 0.25) is 0 Å². The van der Waals surface area contributed by atoms with Crippen molar-refractivity contribution < 1.29 is 36.7 Å². The molecule has 1 heterocycles. The lowest BCUT2D eigenvalue weighted by atomic mass is 9.77. The summed E-state index contributed by atoms with van der Waals surface area (Å²) in [5.41, 5.74) is 2.79. The summed E-state index contributed by atoms with van der Waals surface area (Å²) < 4.78 is 64.0. The van der Waals surface area contributed by atoms with E-state index in [1.807, 2.05) is 64.1 Å². The monoisotopic (exact) mass is 579 g/mol. The minimum atomic E-state index is -4.61. The molecule has 6 nitrogen and oxygen atoms in total. The van der Waals surface area contributed by atoms with Crippen molar-refractivity contribution in [3.8, 4) is 16.9 Å². The summed E-state index contributed by atoms with van der Waals surface area (Å²) in [7, 11) is 0.286. The highest BCUT2D eigenvalue weighted by atomic mass is 19.4. The molecule has 0 aromatic heterocycles. The Hall–Kier alpha value is -3.76. The molecular weight excluding hydrogens is 546 g/mol. The van der Waals surface area contributed by atoms with E-state index < -0.39 is 36.2 Å². The van der Waals surface area contributed by atoms with E-state index in [2.05, 4.69) is 17.4 Å². The number of benzene rings is 3. The van der Waals surface area contributed by atoms with Crippen molar-refractivity contribution in [3.05, 3.63) is 94.5 Å². The Morgan fingerprint density at radius 1 is 0.952 bits per heavy atom. The number of hydrogen-bond donors (Lipinski definition) is 1. The van der Waals surface area contributed by atoms with Gasteiger partial charge in [-0.1, -0.05) is 60.7 Å². The maximum Gasteiger partial charge on any atom is 0.492 e. The van der Waals surface area contributed by atoms with Gasteiger partial charge in [-0.2, -0.15) is 13.2 Å². The quantitative estimate of drug-likeness (QED) is 0.299. The molecule has 5 rings (SSSR count). The zero-order chi connectivity index (χ0) is 30.3. The van der Waals surface area contributed by atoms with Crippen LogP contribution in [0.4, 0.5) is 18.0 Å². The van der Waals surface area contributed by atoms with Crippen molar-refractivity contribution >= 4 is 19.3 Å². The first-order valence-corrected chi connectivity index (χ1v) is 13.7. The van der Waals surface area contributed by atoms with Crippen LogP contribution in [0.15, 0.2) is 72.2 Å². The molecule has 0 spiro atoms. The summed E-state index contributed by atoms with van der Waals surface area (Å²) in [6.45, 7) is 7.55. The van der Waals surface area contributed by atoms with Crippen molar-refractivity contribution in [2.45, 2.75) is 51.0 Å². The molecule has 3 aromatic carbocycles. The third-order valence-electron chi connectivity index (χ3n) is 8.22. The van der Waals surface area contributed by atoms with Crippen LogP contribution in [0.3, 0.4) is 0 Å². The number of amides is 1. The normalized spacial score (nSPS) is 17.5. The van der Waals surface area contributed by atoms with Crippen LogP contribution in [0, 0.1) is 0 Å². The van der Waals surface area contributed by atoms with Crippen LogP contribution in [0.2, 0.25) is 0 Å². The Morgan fingerprint density at radius 2 is 1.52 bits per heavy atom. The van der Waals surface area contributed by atoms with E-state index in [0.29, 0.717) is 5.47 Å². The molecular formula is C32H33BF3NO5. The fraction of sp³-hybridized carbons (Fsp3) is 0.344. The number of ether oxygens (including phenoxy) is 2. The second kappa shape index (κ2) is 11.1. The van der Waals surface area contributed by atoms with Gasteiger partial charge in [0.05, 0.1) is 23.9 Å². The van der Waals surface area contributed by atoms with Gasteiger partial charge in [-0.3, -0.25) is 0 Å². The topological polar surface area (TPSA) is 66.0 Å². The van der Waals surface area contributed by atoms with E-state index in [0.717, 1.165) is 28.3 Å². The van der Waals surface area contributed by atoms with Gasteiger partial charge in [0, 0.05) is 12.5 Å². The van der Waals surface area contributed by atoms with Crippen molar-refractivity contribution in [1.82, 2.24) is 5.32 Å². The third kappa shape index (κ3) is 5.78. The van der Waals surface area contributed by atoms with Crippen LogP contribution in [0.25, 0.3) is 17.2 Å². The number of halogens is 3. The summed E-state index contributed by atoms with van der Waals surface area (Å²) in [4.78, 5) is 12.9. The number of fused-ring (bicyclic) bond motifs is 3. The zero-order valence-corrected chi connectivity index (χ0v) is 24.2. The van der Waals surface area contributed by atoms with Gasteiger partial charge in [-0.05, 0) is 73.1 Å². The highest BCUT2D eigenvalue weighted by Crippen LogP contribution is 2.45. The summed E-state index contributed by atoms with van der Waals surface area (Å²) in [5.74, 6) is -0.394. The van der Waals surface area contributed by atoms with Gasteiger partial charge >= 0.3 is 19.4 Å². The Morgan fingerprint density at radius 3 is 2.07 bits per heavy atom. The minimum Gasteiger partial charge on any atom is -0.496 e. The first kappa shape index (κ1) is 29.7. The number of alkyl carbamates (subject to hydrolysis) is 1. The van der Waals surface area contributed by atoms with Crippen LogP contribution in [-0.4, -0.2) is 44.7 Å². The lowest BCUT2D eigenvalue weighted by molar-refractivity contribution is -0.138. The average molecular weight is 579 g/mol. The molecule has 1 aliphatic heterocycles. The number of nitrogens with one attached hydrogen (secondary N) is 1. The average Bonchev–Trinajstić information content (AvgIpc) is 3.38. The van der Waals surface area contributed by atoms with Gasteiger partial charge in [-0.25, -0.2) is 4.79 Å². The number of hydrogen-bond acceptors (Lipinski definition) is 5. The van der Waals surface area contributed by atoms with Gasteiger partial charge in [0.1, 0.15) is 12.4 Å². The van der Waals surface area contributed by atoms with E-state index >= 15 is 0 Å². The Balaban J connectivity index is 1.35. The maximum atomic E-state index is 13.7. The molecule has 220 valence electrons. The van der Waals surface area contributed by atoms with Gasteiger partial charge in [-0.15, -0.1) is 0 Å².